The Morgan fingerprint density at radius 1 is 1.11 bits per heavy atom. The maximum absolute atomic E-state index is 11.3. The van der Waals surface area contributed by atoms with E-state index in [1.54, 1.807) is 11.0 Å². The van der Waals surface area contributed by atoms with Crippen molar-refractivity contribution in [2.75, 3.05) is 27.3 Å². The van der Waals surface area contributed by atoms with Gasteiger partial charge < -0.3 is 9.47 Å². The lowest BCUT2D eigenvalue weighted by Crippen LogP contribution is -2.35. The highest BCUT2D eigenvalue weighted by Gasteiger charge is 2.16. The summed E-state index contributed by atoms with van der Waals surface area (Å²) >= 11 is 6.05. The summed E-state index contributed by atoms with van der Waals surface area (Å²) in [6.45, 7) is 0.359. The lowest BCUT2D eigenvalue weighted by Gasteiger charge is -2.20. The molecule has 0 aliphatic rings. The zero-order valence-electron chi connectivity index (χ0n) is 10.9. The first-order valence-electron chi connectivity index (χ1n) is 5.66. The molecule has 0 atom stereocenters. The Kier molecular flexibility index (Phi) is 6.32. The SMILES string of the molecule is COC(=O)CN(CC(=O)OC)Cc1ccccc1Cl. The van der Waals surface area contributed by atoms with Gasteiger partial charge in [-0.25, -0.2) is 0 Å². The van der Waals surface area contributed by atoms with Gasteiger partial charge in [-0.05, 0) is 11.6 Å². The Morgan fingerprint density at radius 2 is 1.63 bits per heavy atom. The summed E-state index contributed by atoms with van der Waals surface area (Å²) in [7, 11) is 2.60. The van der Waals surface area contributed by atoms with Gasteiger partial charge in [-0.15, -0.1) is 0 Å². The molecule has 0 aliphatic heterocycles. The summed E-state index contributed by atoms with van der Waals surface area (Å²) in [5.41, 5.74) is 0.831. The largest absolute Gasteiger partial charge is 0.468 e. The van der Waals surface area contributed by atoms with Crippen LogP contribution in [0.4, 0.5) is 0 Å². The average Bonchev–Trinajstić information content (AvgIpc) is 2.40. The maximum atomic E-state index is 11.3. The van der Waals surface area contributed by atoms with E-state index in [-0.39, 0.29) is 13.1 Å². The number of benzene rings is 1. The molecule has 0 bridgehead atoms. The third kappa shape index (κ3) is 5.28. The fraction of sp³-hybridized carbons (Fsp3) is 0.385. The first-order valence-corrected chi connectivity index (χ1v) is 6.04. The molecule has 19 heavy (non-hydrogen) atoms. The number of nitrogens with zero attached hydrogens (tertiary/aromatic N) is 1. The molecule has 5 nitrogen and oxygen atoms in total. The summed E-state index contributed by atoms with van der Waals surface area (Å²) in [5.74, 6) is -0.841. The molecule has 0 aliphatic carbocycles. The number of halogens is 1. The zero-order chi connectivity index (χ0) is 14.3. The van der Waals surface area contributed by atoms with Crippen molar-refractivity contribution in [1.82, 2.24) is 4.90 Å². The van der Waals surface area contributed by atoms with Crippen molar-refractivity contribution in [3.8, 4) is 0 Å². The highest BCUT2D eigenvalue weighted by Crippen LogP contribution is 2.16. The number of ether oxygens (including phenoxy) is 2. The molecule has 1 aromatic carbocycles. The molecule has 0 saturated carbocycles. The Labute approximate surface area is 117 Å². The van der Waals surface area contributed by atoms with E-state index in [2.05, 4.69) is 9.47 Å². The fourth-order valence-electron chi connectivity index (χ4n) is 1.53. The molecule has 0 saturated heterocycles. The molecule has 0 N–H and O–H groups in total. The van der Waals surface area contributed by atoms with Crippen molar-refractivity contribution in [2.24, 2.45) is 0 Å². The van der Waals surface area contributed by atoms with Crippen molar-refractivity contribution < 1.29 is 19.1 Å². The molecule has 0 aromatic heterocycles. The Bertz CT molecular complexity index is 432. The molecule has 104 valence electrons. The number of esters is 2. The van der Waals surface area contributed by atoms with Crippen LogP contribution in [-0.2, 0) is 25.6 Å². The van der Waals surface area contributed by atoms with Gasteiger partial charge in [0.2, 0.25) is 0 Å². The number of carbonyl (C=O) groups excluding carboxylic acids is 2. The van der Waals surface area contributed by atoms with Crippen LogP contribution in [0.2, 0.25) is 5.02 Å². The van der Waals surface area contributed by atoms with E-state index in [1.807, 2.05) is 18.2 Å². The van der Waals surface area contributed by atoms with Crippen molar-refractivity contribution in [3.05, 3.63) is 34.9 Å². The van der Waals surface area contributed by atoms with Crippen LogP contribution >= 0.6 is 11.6 Å². The van der Waals surface area contributed by atoms with Gasteiger partial charge in [-0.2, -0.15) is 0 Å². The van der Waals surface area contributed by atoms with E-state index in [0.29, 0.717) is 11.6 Å². The molecule has 0 unspecified atom stereocenters. The van der Waals surface area contributed by atoms with Gasteiger partial charge in [-0.1, -0.05) is 29.8 Å². The van der Waals surface area contributed by atoms with Gasteiger partial charge in [0, 0.05) is 11.6 Å². The summed E-state index contributed by atoms with van der Waals surface area (Å²) in [6, 6.07) is 7.25. The highest BCUT2D eigenvalue weighted by molar-refractivity contribution is 6.31. The third-order valence-electron chi connectivity index (χ3n) is 2.51. The van der Waals surface area contributed by atoms with Crippen LogP contribution in [-0.4, -0.2) is 44.1 Å². The van der Waals surface area contributed by atoms with Crippen LogP contribution in [0.5, 0.6) is 0 Å². The van der Waals surface area contributed by atoms with E-state index in [9.17, 15) is 9.59 Å². The molecule has 0 radical (unpaired) electrons. The van der Waals surface area contributed by atoms with Crippen molar-refractivity contribution in [1.29, 1.82) is 0 Å². The van der Waals surface area contributed by atoms with Crippen LogP contribution in [0.15, 0.2) is 24.3 Å². The summed E-state index contributed by atoms with van der Waals surface area (Å²) in [6.07, 6.45) is 0. The second-order valence-electron chi connectivity index (χ2n) is 3.89. The first-order chi connectivity index (χ1) is 9.06. The van der Waals surface area contributed by atoms with Crippen LogP contribution in [0.3, 0.4) is 0 Å². The van der Waals surface area contributed by atoms with Crippen LogP contribution < -0.4 is 0 Å². The van der Waals surface area contributed by atoms with Gasteiger partial charge in [-0.3, -0.25) is 14.5 Å². The van der Waals surface area contributed by atoms with E-state index < -0.39 is 11.9 Å². The number of rotatable bonds is 6. The van der Waals surface area contributed by atoms with Gasteiger partial charge in [0.05, 0.1) is 27.3 Å². The van der Waals surface area contributed by atoms with Crippen LogP contribution in [0.25, 0.3) is 0 Å². The molecular weight excluding hydrogens is 270 g/mol. The second kappa shape index (κ2) is 7.76. The van der Waals surface area contributed by atoms with Crippen LogP contribution in [0.1, 0.15) is 5.56 Å². The van der Waals surface area contributed by atoms with Crippen LogP contribution in [0, 0.1) is 0 Å². The first kappa shape index (κ1) is 15.5. The van der Waals surface area contributed by atoms with Crippen molar-refractivity contribution in [3.63, 3.8) is 0 Å². The molecule has 1 rings (SSSR count). The van der Waals surface area contributed by atoms with Crippen molar-refractivity contribution >= 4 is 23.5 Å². The molecule has 1 aromatic rings. The van der Waals surface area contributed by atoms with Gasteiger partial charge >= 0.3 is 11.9 Å². The normalized spacial score (nSPS) is 10.3. The quantitative estimate of drug-likeness (QED) is 0.741. The third-order valence-corrected chi connectivity index (χ3v) is 2.88. The van der Waals surface area contributed by atoms with Gasteiger partial charge in [0.1, 0.15) is 0 Å². The molecular formula is C13H16ClNO4. The number of methoxy groups -OCH3 is 2. The Balaban J connectivity index is 2.75. The molecule has 0 spiro atoms. The molecule has 6 heteroatoms. The highest BCUT2D eigenvalue weighted by atomic mass is 35.5. The van der Waals surface area contributed by atoms with E-state index in [4.69, 9.17) is 11.6 Å². The van der Waals surface area contributed by atoms with E-state index in [1.165, 1.54) is 14.2 Å². The number of carbonyl (C=O) groups is 2. The number of hydrogen-bond acceptors (Lipinski definition) is 5. The monoisotopic (exact) mass is 285 g/mol. The minimum atomic E-state index is -0.420. The van der Waals surface area contributed by atoms with E-state index in [0.717, 1.165) is 5.56 Å². The molecule has 0 amide bonds. The van der Waals surface area contributed by atoms with E-state index >= 15 is 0 Å². The molecule has 0 fully saturated rings. The number of hydrogen-bond donors (Lipinski definition) is 0. The zero-order valence-corrected chi connectivity index (χ0v) is 11.6. The summed E-state index contributed by atoms with van der Waals surface area (Å²) < 4.78 is 9.20. The predicted octanol–water partition coefficient (Wildman–Crippen LogP) is 1.49. The second-order valence-corrected chi connectivity index (χ2v) is 4.30. The lowest BCUT2D eigenvalue weighted by molar-refractivity contribution is -0.145. The minimum absolute atomic E-state index is 0.00315. The maximum Gasteiger partial charge on any atom is 0.319 e. The summed E-state index contributed by atoms with van der Waals surface area (Å²) in [4.78, 5) is 24.2. The summed E-state index contributed by atoms with van der Waals surface area (Å²) in [5, 5.41) is 0.585. The Morgan fingerprint density at radius 3 is 2.11 bits per heavy atom. The topological polar surface area (TPSA) is 55.8 Å². The fourth-order valence-corrected chi connectivity index (χ4v) is 1.72. The van der Waals surface area contributed by atoms with Crippen molar-refractivity contribution in [2.45, 2.75) is 6.54 Å². The smallest absolute Gasteiger partial charge is 0.319 e. The molecule has 0 heterocycles. The minimum Gasteiger partial charge on any atom is -0.468 e. The van der Waals surface area contributed by atoms with Gasteiger partial charge in [0.25, 0.3) is 0 Å². The average molecular weight is 286 g/mol. The van der Waals surface area contributed by atoms with Gasteiger partial charge in [0.15, 0.2) is 0 Å². The predicted molar refractivity (Wildman–Crippen MR) is 70.8 cm³/mol. The Hall–Kier alpha value is -1.59. The lowest BCUT2D eigenvalue weighted by atomic mass is 10.2. The standard InChI is InChI=1S/C13H16ClNO4/c1-18-12(16)8-15(9-13(17)19-2)7-10-5-3-4-6-11(10)14/h3-6H,7-9H2,1-2H3.